The van der Waals surface area contributed by atoms with E-state index in [1.54, 1.807) is 54.6 Å². The van der Waals surface area contributed by atoms with E-state index in [1.807, 2.05) is 19.1 Å². The van der Waals surface area contributed by atoms with Gasteiger partial charge in [0.2, 0.25) is 0 Å². The van der Waals surface area contributed by atoms with Crippen molar-refractivity contribution in [2.24, 2.45) is 0 Å². The zero-order valence-electron chi connectivity index (χ0n) is 18.9. The summed E-state index contributed by atoms with van der Waals surface area (Å²) >= 11 is 0. The van der Waals surface area contributed by atoms with E-state index in [0.717, 1.165) is 29.1 Å². The number of sulfonamides is 1. The fourth-order valence-electron chi connectivity index (χ4n) is 3.34. The molecule has 0 aliphatic carbocycles. The van der Waals surface area contributed by atoms with Crippen LogP contribution in [0.25, 0.3) is 0 Å². The minimum Gasteiger partial charge on any atom is -0.490 e. The Morgan fingerprint density at radius 3 is 2.03 bits per heavy atom. The van der Waals surface area contributed by atoms with Crippen molar-refractivity contribution in [2.75, 3.05) is 17.5 Å². The lowest BCUT2D eigenvalue weighted by atomic mass is 10.1. The number of nitrogens with zero attached hydrogens (tertiary/aromatic N) is 1. The molecule has 0 bridgehead atoms. The predicted octanol–water partition coefficient (Wildman–Crippen LogP) is 5.23. The Hall–Kier alpha value is -3.32. The van der Waals surface area contributed by atoms with Gasteiger partial charge in [-0.15, -0.1) is 0 Å². The number of unbranched alkanes of at least 4 members (excludes halogenated alkanes) is 1. The Morgan fingerprint density at radius 2 is 1.42 bits per heavy atom. The van der Waals surface area contributed by atoms with Crippen LogP contribution in [0.15, 0.2) is 83.8 Å². The Kier molecular flexibility index (Phi) is 8.49. The largest absolute Gasteiger partial charge is 0.490 e. The predicted molar refractivity (Wildman–Crippen MR) is 129 cm³/mol. The number of anilines is 1. The number of rotatable bonds is 11. The molecule has 0 unspecified atom stereocenters. The number of carbonyl (C=O) groups excluding carboxylic acids is 1. The van der Waals surface area contributed by atoms with Crippen LogP contribution in [0.4, 0.5) is 5.69 Å². The van der Waals surface area contributed by atoms with Gasteiger partial charge in [-0.25, -0.2) is 8.42 Å². The first-order chi connectivity index (χ1) is 16.0. The molecule has 0 atom stereocenters. The second kappa shape index (κ2) is 11.5. The Morgan fingerprint density at radius 1 is 0.818 bits per heavy atom. The van der Waals surface area contributed by atoms with Crippen LogP contribution in [0, 0.1) is 0 Å². The molecule has 0 spiro atoms. The monoisotopic (exact) mass is 467 g/mol. The maximum Gasteiger partial charge on any atom is 0.278 e. The molecule has 0 radical (unpaired) electrons. The zero-order valence-corrected chi connectivity index (χ0v) is 19.8. The van der Waals surface area contributed by atoms with Crippen LogP contribution in [-0.4, -0.2) is 27.5 Å². The third-order valence-electron chi connectivity index (χ3n) is 5.00. The second-order valence-electron chi connectivity index (χ2n) is 7.41. The molecule has 0 aliphatic heterocycles. The quantitative estimate of drug-likeness (QED) is 0.386. The number of ether oxygens (including phenoxy) is 2. The van der Waals surface area contributed by atoms with Gasteiger partial charge in [0.25, 0.3) is 15.9 Å². The van der Waals surface area contributed by atoms with E-state index < -0.39 is 22.5 Å². The van der Waals surface area contributed by atoms with Crippen molar-refractivity contribution < 1.29 is 22.7 Å². The number of hydrogen-bond donors (Lipinski definition) is 0. The molecule has 0 N–H and O–H groups in total. The van der Waals surface area contributed by atoms with Crippen LogP contribution in [0.3, 0.4) is 0 Å². The third kappa shape index (κ3) is 6.14. The van der Waals surface area contributed by atoms with Gasteiger partial charge in [0.05, 0.1) is 17.2 Å². The molecule has 3 aromatic carbocycles. The van der Waals surface area contributed by atoms with Gasteiger partial charge in [-0.2, -0.15) is 4.31 Å². The van der Waals surface area contributed by atoms with Gasteiger partial charge in [-0.05, 0) is 61.7 Å². The van der Waals surface area contributed by atoms with Crippen molar-refractivity contribution in [3.63, 3.8) is 0 Å². The Labute approximate surface area is 195 Å². The first kappa shape index (κ1) is 24.3. The molecule has 1 amide bonds. The first-order valence-electron chi connectivity index (χ1n) is 11.0. The summed E-state index contributed by atoms with van der Waals surface area (Å²) in [4.78, 5) is 13.3. The molecule has 33 heavy (non-hydrogen) atoms. The molecule has 174 valence electrons. The van der Waals surface area contributed by atoms with Crippen molar-refractivity contribution >= 4 is 21.6 Å². The van der Waals surface area contributed by atoms with E-state index in [0.29, 0.717) is 18.1 Å². The van der Waals surface area contributed by atoms with Gasteiger partial charge in [0.15, 0.2) is 18.1 Å². The highest BCUT2D eigenvalue weighted by molar-refractivity contribution is 7.93. The lowest BCUT2D eigenvalue weighted by molar-refractivity contribution is -0.119. The summed E-state index contributed by atoms with van der Waals surface area (Å²) in [5.74, 6) is 0.164. The van der Waals surface area contributed by atoms with Crippen molar-refractivity contribution in [3.8, 4) is 11.5 Å². The van der Waals surface area contributed by atoms with Crippen molar-refractivity contribution in [1.29, 1.82) is 0 Å². The van der Waals surface area contributed by atoms with Crippen molar-refractivity contribution in [3.05, 3.63) is 84.4 Å². The molecule has 0 aromatic heterocycles. The standard InChI is InChI=1S/C26H29NO5S/c1-3-5-11-21-16-18-22(19-17-21)27(33(29,30)23-12-7-6-8-13-23)26(28)20-32-25-15-10-9-14-24(25)31-4-2/h6-10,12-19H,3-5,11,20H2,1-2H3. The molecule has 0 fully saturated rings. The topological polar surface area (TPSA) is 72.9 Å². The summed E-state index contributed by atoms with van der Waals surface area (Å²) < 4.78 is 38.9. The van der Waals surface area contributed by atoms with Crippen LogP contribution in [0.2, 0.25) is 0 Å². The minimum absolute atomic E-state index is 0.0307. The van der Waals surface area contributed by atoms with E-state index >= 15 is 0 Å². The summed E-state index contributed by atoms with van der Waals surface area (Å²) in [6.07, 6.45) is 3.00. The summed E-state index contributed by atoms with van der Waals surface area (Å²) in [5.41, 5.74) is 1.36. The molecule has 0 aliphatic rings. The number of para-hydroxylation sites is 2. The van der Waals surface area contributed by atoms with Crippen LogP contribution in [0.5, 0.6) is 11.5 Å². The summed E-state index contributed by atoms with van der Waals surface area (Å²) in [6.45, 7) is 3.94. The number of amides is 1. The van der Waals surface area contributed by atoms with E-state index in [2.05, 4.69) is 6.92 Å². The lowest BCUT2D eigenvalue weighted by Gasteiger charge is -2.23. The SMILES string of the molecule is CCCCc1ccc(N(C(=O)COc2ccccc2OCC)S(=O)(=O)c2ccccc2)cc1. The number of benzene rings is 3. The first-order valence-corrected chi connectivity index (χ1v) is 12.5. The molecular formula is C26H29NO5S. The van der Waals surface area contributed by atoms with Crippen molar-refractivity contribution in [1.82, 2.24) is 0 Å². The summed E-state index contributed by atoms with van der Waals surface area (Å²) in [7, 11) is -4.14. The van der Waals surface area contributed by atoms with Gasteiger partial charge >= 0.3 is 0 Å². The van der Waals surface area contributed by atoms with Gasteiger partial charge in [-0.3, -0.25) is 4.79 Å². The van der Waals surface area contributed by atoms with Crippen LogP contribution >= 0.6 is 0 Å². The Bertz CT molecular complexity index is 1140. The molecule has 0 saturated heterocycles. The number of hydrogen-bond acceptors (Lipinski definition) is 5. The zero-order chi connectivity index (χ0) is 23.7. The van der Waals surface area contributed by atoms with Crippen LogP contribution in [0.1, 0.15) is 32.3 Å². The van der Waals surface area contributed by atoms with Crippen LogP contribution in [-0.2, 0) is 21.2 Å². The van der Waals surface area contributed by atoms with E-state index in [9.17, 15) is 13.2 Å². The smallest absolute Gasteiger partial charge is 0.278 e. The fourth-order valence-corrected chi connectivity index (χ4v) is 4.77. The molecule has 6 nitrogen and oxygen atoms in total. The third-order valence-corrected chi connectivity index (χ3v) is 6.76. The average Bonchev–Trinajstić information content (AvgIpc) is 2.84. The van der Waals surface area contributed by atoms with Crippen LogP contribution < -0.4 is 13.8 Å². The van der Waals surface area contributed by atoms with Gasteiger partial charge < -0.3 is 9.47 Å². The van der Waals surface area contributed by atoms with Gasteiger partial charge in [0.1, 0.15) is 0 Å². The summed E-state index contributed by atoms with van der Waals surface area (Å²) in [5, 5.41) is 0. The van der Waals surface area contributed by atoms with E-state index in [-0.39, 0.29) is 10.6 Å². The van der Waals surface area contributed by atoms with E-state index in [1.165, 1.54) is 12.1 Å². The molecule has 0 saturated carbocycles. The highest BCUT2D eigenvalue weighted by Crippen LogP contribution is 2.28. The summed E-state index contributed by atoms with van der Waals surface area (Å²) in [6, 6.07) is 21.9. The second-order valence-corrected chi connectivity index (χ2v) is 9.20. The highest BCUT2D eigenvalue weighted by atomic mass is 32.2. The fraction of sp³-hybridized carbons (Fsp3) is 0.269. The maximum atomic E-state index is 13.4. The number of carbonyl (C=O) groups is 1. The molecule has 0 heterocycles. The minimum atomic E-state index is -4.14. The highest BCUT2D eigenvalue weighted by Gasteiger charge is 2.31. The lowest BCUT2D eigenvalue weighted by Crippen LogP contribution is -2.40. The normalized spacial score (nSPS) is 11.1. The number of aryl methyl sites for hydroxylation is 1. The molecule has 3 rings (SSSR count). The molecular weight excluding hydrogens is 438 g/mol. The van der Waals surface area contributed by atoms with E-state index in [4.69, 9.17) is 9.47 Å². The van der Waals surface area contributed by atoms with Gasteiger partial charge in [0, 0.05) is 0 Å². The van der Waals surface area contributed by atoms with Crippen molar-refractivity contribution in [2.45, 2.75) is 38.0 Å². The average molecular weight is 468 g/mol. The Balaban J connectivity index is 1.91. The molecule has 7 heteroatoms. The maximum absolute atomic E-state index is 13.4. The molecule has 3 aromatic rings. The van der Waals surface area contributed by atoms with Gasteiger partial charge in [-0.1, -0.05) is 55.8 Å².